The summed E-state index contributed by atoms with van der Waals surface area (Å²) in [7, 11) is 0. The minimum atomic E-state index is 0.218. The van der Waals surface area contributed by atoms with Crippen LogP contribution in [0.15, 0.2) is 23.6 Å². The Morgan fingerprint density at radius 3 is 3.25 bits per heavy atom. The highest BCUT2D eigenvalue weighted by molar-refractivity contribution is 8.16. The van der Waals surface area contributed by atoms with Crippen molar-refractivity contribution in [2.45, 2.75) is 6.42 Å². The van der Waals surface area contributed by atoms with Crippen molar-refractivity contribution in [1.82, 2.24) is 0 Å². The Bertz CT molecular complexity index is 131. The van der Waals surface area contributed by atoms with Crippen LogP contribution in [0.5, 0.6) is 0 Å². The molecule has 0 aliphatic carbocycles. The molecular weight excluding hydrogens is 120 g/mol. The van der Waals surface area contributed by atoms with Crippen LogP contribution in [0.25, 0.3) is 0 Å². The van der Waals surface area contributed by atoms with Gasteiger partial charge in [0.15, 0.2) is 5.12 Å². The molecule has 1 nitrogen and oxygen atoms in total. The molecule has 42 valence electrons. The van der Waals surface area contributed by atoms with Crippen molar-refractivity contribution in [1.29, 1.82) is 0 Å². The lowest BCUT2D eigenvalue weighted by molar-refractivity contribution is -0.110. The third kappa shape index (κ3) is 1.54. The van der Waals surface area contributed by atoms with Gasteiger partial charge in [0.05, 0.1) is 0 Å². The average Bonchev–Trinajstić information content (AvgIpc) is 1.94. The maximum Gasteiger partial charge on any atom is 0.196 e. The van der Waals surface area contributed by atoms with E-state index in [-0.39, 0.29) is 5.12 Å². The molecule has 0 saturated carbocycles. The maximum atomic E-state index is 10.5. The fourth-order valence-electron chi connectivity index (χ4n) is 0.451. The van der Waals surface area contributed by atoms with Crippen LogP contribution in [0.1, 0.15) is 6.42 Å². The zero-order valence-electron chi connectivity index (χ0n) is 4.33. The monoisotopic (exact) mass is 126 g/mol. The van der Waals surface area contributed by atoms with Crippen LogP contribution in [0.2, 0.25) is 0 Å². The van der Waals surface area contributed by atoms with Crippen LogP contribution >= 0.6 is 11.8 Å². The summed E-state index contributed by atoms with van der Waals surface area (Å²) < 4.78 is 0. The third-order valence-electron chi connectivity index (χ3n) is 0.810. The lowest BCUT2D eigenvalue weighted by atomic mass is 10.4. The number of hydrogen-bond donors (Lipinski definition) is 0. The molecule has 1 aliphatic heterocycles. The Hall–Kier alpha value is -0.500. The zero-order chi connectivity index (χ0) is 5.82. The first-order valence-corrected chi connectivity index (χ1v) is 3.29. The van der Waals surface area contributed by atoms with Gasteiger partial charge >= 0.3 is 0 Å². The first-order chi connectivity index (χ1) is 3.89. The molecule has 0 spiro atoms. The van der Waals surface area contributed by atoms with Crippen molar-refractivity contribution in [3.05, 3.63) is 23.6 Å². The molecule has 0 amide bonds. The lowest BCUT2D eigenvalue weighted by Gasteiger charge is -1.82. The Balaban J connectivity index is 2.58. The predicted molar refractivity (Wildman–Crippen MR) is 35.5 cm³/mol. The van der Waals surface area contributed by atoms with E-state index in [1.807, 2.05) is 18.2 Å². The number of carbonyl (C=O) groups excluding carboxylic acids is 1. The van der Waals surface area contributed by atoms with Gasteiger partial charge in [0.25, 0.3) is 0 Å². The minimum absolute atomic E-state index is 0.218. The van der Waals surface area contributed by atoms with E-state index in [0.717, 1.165) is 0 Å². The van der Waals surface area contributed by atoms with Gasteiger partial charge in [-0.1, -0.05) is 30.0 Å². The Labute approximate surface area is 52.5 Å². The van der Waals surface area contributed by atoms with Crippen molar-refractivity contribution in [2.24, 2.45) is 0 Å². The quantitative estimate of drug-likeness (QED) is 0.491. The van der Waals surface area contributed by atoms with Crippen molar-refractivity contribution < 1.29 is 4.79 Å². The van der Waals surface area contributed by atoms with Gasteiger partial charge in [-0.2, -0.15) is 0 Å². The summed E-state index contributed by atoms with van der Waals surface area (Å²) in [5, 5.41) is 2.02. The number of allylic oxidation sites excluding steroid dienone is 3. The summed E-state index contributed by atoms with van der Waals surface area (Å²) in [6.07, 6.45) is 6.18. The molecular formula is C6H6OS. The summed E-state index contributed by atoms with van der Waals surface area (Å²) in [5.41, 5.74) is 0. The predicted octanol–water partition coefficient (Wildman–Crippen LogP) is 1.72. The molecule has 1 rings (SSSR count). The SMILES string of the molecule is O=C1CC=CC=CS1. The largest absolute Gasteiger partial charge is 0.287 e. The van der Waals surface area contributed by atoms with Crippen LogP contribution < -0.4 is 0 Å². The average molecular weight is 126 g/mol. The zero-order valence-corrected chi connectivity index (χ0v) is 5.15. The van der Waals surface area contributed by atoms with Crippen LogP contribution in [-0.2, 0) is 4.79 Å². The fraction of sp³-hybridized carbons (Fsp3) is 0.167. The summed E-state index contributed by atoms with van der Waals surface area (Å²) in [6, 6.07) is 0. The lowest BCUT2D eigenvalue weighted by Crippen LogP contribution is -1.82. The number of hydrogen-bond acceptors (Lipinski definition) is 2. The van der Waals surface area contributed by atoms with Gasteiger partial charge in [0.1, 0.15) is 0 Å². The van der Waals surface area contributed by atoms with E-state index in [0.29, 0.717) is 6.42 Å². The van der Waals surface area contributed by atoms with Crippen LogP contribution in [-0.4, -0.2) is 5.12 Å². The van der Waals surface area contributed by atoms with Crippen molar-refractivity contribution in [3.63, 3.8) is 0 Å². The summed E-state index contributed by atoms with van der Waals surface area (Å²) in [6.45, 7) is 0. The van der Waals surface area contributed by atoms with Gasteiger partial charge in [-0.3, -0.25) is 4.79 Å². The van der Waals surface area contributed by atoms with Crippen molar-refractivity contribution >= 4 is 16.9 Å². The smallest absolute Gasteiger partial charge is 0.196 e. The number of rotatable bonds is 0. The summed E-state index contributed by atoms with van der Waals surface area (Å²) in [4.78, 5) is 10.5. The summed E-state index contributed by atoms with van der Waals surface area (Å²) in [5.74, 6) is 0. The molecule has 0 unspecified atom stereocenters. The van der Waals surface area contributed by atoms with Gasteiger partial charge < -0.3 is 0 Å². The molecule has 1 heterocycles. The molecule has 0 bridgehead atoms. The Kier molecular flexibility index (Phi) is 1.92. The van der Waals surface area contributed by atoms with Gasteiger partial charge in [-0.05, 0) is 5.41 Å². The van der Waals surface area contributed by atoms with E-state index >= 15 is 0 Å². The van der Waals surface area contributed by atoms with Gasteiger partial charge in [-0.15, -0.1) is 0 Å². The summed E-state index contributed by atoms with van der Waals surface area (Å²) >= 11 is 1.26. The normalized spacial score (nSPS) is 18.8. The molecule has 2 heteroatoms. The highest BCUT2D eigenvalue weighted by Crippen LogP contribution is 2.10. The van der Waals surface area contributed by atoms with Crippen molar-refractivity contribution in [3.8, 4) is 0 Å². The second kappa shape index (κ2) is 2.72. The van der Waals surface area contributed by atoms with Crippen LogP contribution in [0.3, 0.4) is 0 Å². The van der Waals surface area contributed by atoms with E-state index in [4.69, 9.17) is 0 Å². The van der Waals surface area contributed by atoms with E-state index in [1.165, 1.54) is 11.8 Å². The molecule has 0 radical (unpaired) electrons. The van der Waals surface area contributed by atoms with E-state index in [2.05, 4.69) is 0 Å². The molecule has 0 atom stereocenters. The number of carbonyl (C=O) groups is 1. The molecule has 0 aromatic heterocycles. The highest BCUT2D eigenvalue weighted by atomic mass is 32.2. The van der Waals surface area contributed by atoms with Gasteiger partial charge in [0.2, 0.25) is 0 Å². The van der Waals surface area contributed by atoms with E-state index in [1.54, 1.807) is 5.41 Å². The Morgan fingerprint density at radius 2 is 2.38 bits per heavy atom. The molecule has 0 aromatic rings. The first kappa shape index (κ1) is 5.63. The number of thioether (sulfide) groups is 1. The molecule has 0 fully saturated rings. The Morgan fingerprint density at radius 1 is 1.50 bits per heavy atom. The van der Waals surface area contributed by atoms with E-state index in [9.17, 15) is 4.79 Å². The second-order valence-electron chi connectivity index (χ2n) is 1.45. The fourth-order valence-corrected chi connectivity index (χ4v) is 0.965. The first-order valence-electron chi connectivity index (χ1n) is 2.41. The van der Waals surface area contributed by atoms with Gasteiger partial charge in [-0.25, -0.2) is 0 Å². The van der Waals surface area contributed by atoms with Crippen LogP contribution in [0.4, 0.5) is 0 Å². The highest BCUT2D eigenvalue weighted by Gasteiger charge is 1.96. The molecule has 0 aromatic carbocycles. The molecule has 1 aliphatic rings. The van der Waals surface area contributed by atoms with Gasteiger partial charge in [0, 0.05) is 6.42 Å². The van der Waals surface area contributed by atoms with Crippen molar-refractivity contribution in [2.75, 3.05) is 0 Å². The topological polar surface area (TPSA) is 17.1 Å². The third-order valence-corrected chi connectivity index (χ3v) is 1.53. The van der Waals surface area contributed by atoms with Crippen LogP contribution in [0, 0.1) is 0 Å². The molecule has 0 N–H and O–H groups in total. The standard InChI is InChI=1S/C6H6OS/c7-6-4-2-1-3-5-8-6/h1-3,5H,4H2. The molecule has 0 saturated heterocycles. The minimum Gasteiger partial charge on any atom is -0.287 e. The molecule has 8 heavy (non-hydrogen) atoms. The maximum absolute atomic E-state index is 10.5. The second-order valence-corrected chi connectivity index (χ2v) is 2.41. The van der Waals surface area contributed by atoms with E-state index < -0.39 is 0 Å².